The van der Waals surface area contributed by atoms with E-state index in [9.17, 15) is 14.7 Å². The number of nitrogens with zero attached hydrogens (tertiary/aromatic N) is 4. The number of hydrogen-bond acceptors (Lipinski definition) is 7. The van der Waals surface area contributed by atoms with E-state index < -0.39 is 5.97 Å². The number of esters is 1. The van der Waals surface area contributed by atoms with Gasteiger partial charge in [0.2, 0.25) is 0 Å². The van der Waals surface area contributed by atoms with Crippen molar-refractivity contribution in [2.75, 3.05) is 0 Å². The van der Waals surface area contributed by atoms with Crippen molar-refractivity contribution in [1.29, 1.82) is 5.26 Å². The van der Waals surface area contributed by atoms with E-state index in [-0.39, 0.29) is 16.9 Å². The second-order valence-corrected chi connectivity index (χ2v) is 8.71. The third-order valence-electron chi connectivity index (χ3n) is 4.72. The van der Waals surface area contributed by atoms with Gasteiger partial charge in [0.25, 0.3) is 6.26 Å². The van der Waals surface area contributed by atoms with Crippen LogP contribution in [0.4, 0.5) is 0 Å². The van der Waals surface area contributed by atoms with Crippen LogP contribution in [-0.4, -0.2) is 31.9 Å². The number of halogens is 1. The lowest BCUT2D eigenvalue weighted by Gasteiger charge is -2.23. The molecule has 0 amide bonds. The summed E-state index contributed by atoms with van der Waals surface area (Å²) in [6.45, 7) is 12.6. The van der Waals surface area contributed by atoms with Crippen molar-refractivity contribution >= 4 is 34.4 Å². The van der Waals surface area contributed by atoms with Crippen molar-refractivity contribution in [2.45, 2.75) is 39.0 Å². The minimum absolute atomic E-state index is 0.0143. The number of carbonyl (C=O) groups is 2. The highest BCUT2D eigenvalue weighted by atomic mass is 35.5. The van der Waals surface area contributed by atoms with Gasteiger partial charge in [-0.15, -0.1) is 20.3 Å². The molecule has 0 bridgehead atoms. The number of ether oxygens (including phenoxy) is 1. The highest BCUT2D eigenvalue weighted by molar-refractivity contribution is 6.31. The summed E-state index contributed by atoms with van der Waals surface area (Å²) in [7, 11) is 0. The van der Waals surface area contributed by atoms with E-state index in [0.29, 0.717) is 34.6 Å². The van der Waals surface area contributed by atoms with Gasteiger partial charge in [-0.2, -0.15) is 0 Å². The molecule has 0 atom stereocenters. The van der Waals surface area contributed by atoms with Gasteiger partial charge in [0.15, 0.2) is 5.78 Å². The first kappa shape index (κ1) is 26.3. The lowest BCUT2D eigenvalue weighted by molar-refractivity contribution is -0.131. The van der Waals surface area contributed by atoms with Gasteiger partial charge in [-0.1, -0.05) is 51.6 Å². The van der Waals surface area contributed by atoms with Gasteiger partial charge in [0.1, 0.15) is 22.5 Å². The van der Waals surface area contributed by atoms with Gasteiger partial charge in [-0.3, -0.25) is 4.79 Å². The summed E-state index contributed by atoms with van der Waals surface area (Å²) >= 11 is 6.03. The highest BCUT2D eigenvalue weighted by Crippen LogP contribution is 2.36. The Morgan fingerprint density at radius 3 is 2.41 bits per heavy atom. The molecule has 34 heavy (non-hydrogen) atoms. The third-order valence-corrected chi connectivity index (χ3v) is 4.95. The van der Waals surface area contributed by atoms with Crippen molar-refractivity contribution in [1.82, 2.24) is 15.0 Å². The number of nitriles is 1. The van der Waals surface area contributed by atoms with Crippen molar-refractivity contribution in [3.8, 4) is 17.7 Å². The van der Waals surface area contributed by atoms with E-state index in [1.807, 2.05) is 32.9 Å². The zero-order valence-corrected chi connectivity index (χ0v) is 20.0. The lowest BCUT2D eigenvalue weighted by Crippen LogP contribution is -2.14. The first-order valence-corrected chi connectivity index (χ1v) is 10.6. The summed E-state index contributed by atoms with van der Waals surface area (Å²) in [5.74, 6) is -0.602. The molecule has 9 heteroatoms. The smallest absolute Gasteiger partial charge is 0.345 e. The number of aromatic hydroxyl groups is 1. The van der Waals surface area contributed by atoms with Crippen LogP contribution in [0.2, 0.25) is 5.02 Å². The Kier molecular flexibility index (Phi) is 8.70. The molecule has 0 saturated carbocycles. The van der Waals surface area contributed by atoms with Crippen LogP contribution < -0.4 is 0 Å². The van der Waals surface area contributed by atoms with Crippen molar-refractivity contribution in [2.24, 2.45) is 0 Å². The van der Waals surface area contributed by atoms with Crippen LogP contribution in [0.1, 0.15) is 38.3 Å². The molecule has 3 rings (SSSR count). The molecule has 0 spiro atoms. The van der Waals surface area contributed by atoms with Crippen molar-refractivity contribution in [3.63, 3.8) is 0 Å². The number of carbonyl (C=O) groups excluding carboxylic acids is 2. The number of ketones is 1. The Morgan fingerprint density at radius 1 is 1.18 bits per heavy atom. The zero-order valence-electron chi connectivity index (χ0n) is 19.2. The molecule has 0 saturated heterocycles. The molecule has 0 aliphatic heterocycles. The second kappa shape index (κ2) is 11.3. The summed E-state index contributed by atoms with van der Waals surface area (Å²) in [6.07, 6.45) is 4.36. The van der Waals surface area contributed by atoms with Crippen LogP contribution >= 0.6 is 11.6 Å². The predicted octanol–water partition coefficient (Wildman–Crippen LogP) is 4.96. The van der Waals surface area contributed by atoms with Crippen LogP contribution in [0, 0.1) is 11.5 Å². The Balaban J connectivity index is 0.000000509. The molecule has 1 aromatic heterocycles. The number of allylic oxidation sites excluding steroid dienone is 1. The molecular weight excluding hydrogens is 456 g/mol. The van der Waals surface area contributed by atoms with Gasteiger partial charge in [-0.05, 0) is 47.7 Å². The summed E-state index contributed by atoms with van der Waals surface area (Å²) in [4.78, 5) is 22.9. The molecule has 3 aromatic rings. The van der Waals surface area contributed by atoms with E-state index in [1.54, 1.807) is 18.2 Å². The minimum atomic E-state index is -0.720. The fraction of sp³-hybridized carbons (Fsp3) is 0.240. The fourth-order valence-corrected chi connectivity index (χ4v) is 3.16. The zero-order chi connectivity index (χ0) is 25.5. The van der Waals surface area contributed by atoms with Crippen LogP contribution in [0.3, 0.4) is 0 Å². The van der Waals surface area contributed by atoms with E-state index in [1.165, 1.54) is 17.1 Å². The van der Waals surface area contributed by atoms with Crippen LogP contribution in [0.5, 0.6) is 5.75 Å². The highest BCUT2D eigenvalue weighted by Gasteiger charge is 2.23. The molecule has 2 aromatic carbocycles. The molecule has 1 N–H and O–H groups in total. The Bertz CT molecular complexity index is 1280. The Labute approximate surface area is 202 Å². The summed E-state index contributed by atoms with van der Waals surface area (Å²) in [5.41, 5.74) is 3.24. The van der Waals surface area contributed by atoms with E-state index in [0.717, 1.165) is 17.2 Å². The monoisotopic (exact) mass is 480 g/mol. The number of rotatable bonds is 6. The number of phenols is 1. The van der Waals surface area contributed by atoms with Crippen molar-refractivity contribution in [3.05, 3.63) is 71.8 Å². The number of phenolic OH excluding ortho intramolecular Hbond substituents is 1. The standard InChI is InChI=1S/C21H22ClN3O2.C4H3NO2/c1-5-15(26)8-6-13-10-16(21(2,3)4)20(27)19(11-13)25-23-17-9-7-14(22)12-18(17)24-25;1-2-4(6)7-3-5/h5,7,9-12,27H,1,6,8H2,2-4H3;2H,1H2. The van der Waals surface area contributed by atoms with Gasteiger partial charge >= 0.3 is 5.97 Å². The van der Waals surface area contributed by atoms with Crippen LogP contribution in [-0.2, 0) is 26.2 Å². The number of fused-ring (bicyclic) bond motifs is 1. The fourth-order valence-electron chi connectivity index (χ4n) is 3.00. The molecular formula is C25H25ClN4O4. The van der Waals surface area contributed by atoms with Crippen molar-refractivity contribution < 1.29 is 19.4 Å². The van der Waals surface area contributed by atoms with Gasteiger partial charge < -0.3 is 9.84 Å². The maximum atomic E-state index is 11.6. The predicted molar refractivity (Wildman–Crippen MR) is 130 cm³/mol. The minimum Gasteiger partial charge on any atom is -0.505 e. The van der Waals surface area contributed by atoms with Gasteiger partial charge in [0.05, 0.1) is 0 Å². The average molecular weight is 481 g/mol. The molecule has 176 valence electrons. The first-order valence-electron chi connectivity index (χ1n) is 10.3. The Morgan fingerprint density at radius 2 is 1.85 bits per heavy atom. The molecule has 8 nitrogen and oxygen atoms in total. The van der Waals surface area contributed by atoms with E-state index in [4.69, 9.17) is 16.9 Å². The number of aromatic nitrogens is 3. The van der Waals surface area contributed by atoms with Gasteiger partial charge in [-0.25, -0.2) is 4.79 Å². The van der Waals surface area contributed by atoms with E-state index in [2.05, 4.69) is 28.1 Å². The van der Waals surface area contributed by atoms with Crippen LogP contribution in [0.15, 0.2) is 55.6 Å². The first-order chi connectivity index (χ1) is 16.0. The van der Waals surface area contributed by atoms with E-state index >= 15 is 0 Å². The quantitative estimate of drug-likeness (QED) is 0.301. The maximum Gasteiger partial charge on any atom is 0.345 e. The topological polar surface area (TPSA) is 118 Å². The average Bonchev–Trinajstić information content (AvgIpc) is 3.20. The summed E-state index contributed by atoms with van der Waals surface area (Å²) in [6, 6.07) is 9.03. The van der Waals surface area contributed by atoms with Crippen LogP contribution in [0.25, 0.3) is 16.7 Å². The molecule has 1 heterocycles. The summed E-state index contributed by atoms with van der Waals surface area (Å²) in [5, 5.41) is 28.0. The largest absolute Gasteiger partial charge is 0.505 e. The SMILES string of the molecule is C=CC(=O)CCc1cc(-n2nc3ccc(Cl)cc3n2)c(O)c(C(C)(C)C)c1.C=CC(=O)OC#N. The third kappa shape index (κ3) is 6.77. The second-order valence-electron chi connectivity index (χ2n) is 8.27. The Hall–Kier alpha value is -3.96. The number of aryl methyl sites for hydroxylation is 1. The lowest BCUT2D eigenvalue weighted by atomic mass is 9.84. The molecule has 0 unspecified atom stereocenters. The van der Waals surface area contributed by atoms with Gasteiger partial charge in [0, 0.05) is 23.1 Å². The number of benzene rings is 2. The molecule has 0 aliphatic carbocycles. The molecule has 0 radical (unpaired) electrons. The molecule has 0 fully saturated rings. The summed E-state index contributed by atoms with van der Waals surface area (Å²) < 4.78 is 3.74. The number of hydrogen-bond donors (Lipinski definition) is 1. The normalized spacial score (nSPS) is 10.6. The maximum absolute atomic E-state index is 11.6. The molecule has 0 aliphatic rings.